The molecule has 0 bridgehead atoms. The first-order valence-electron chi connectivity index (χ1n) is 6.94. The molecule has 1 aromatic heterocycles. The van der Waals surface area contributed by atoms with Crippen LogP contribution in [0.4, 0.5) is 0 Å². The van der Waals surface area contributed by atoms with Gasteiger partial charge in [-0.2, -0.15) is 5.10 Å². The maximum absolute atomic E-state index is 12.3. The van der Waals surface area contributed by atoms with Crippen molar-refractivity contribution in [2.45, 2.75) is 17.8 Å². The molecule has 3 rings (SSSR count). The van der Waals surface area contributed by atoms with Crippen molar-refractivity contribution < 1.29 is 8.42 Å². The van der Waals surface area contributed by atoms with Crippen molar-refractivity contribution in [2.24, 2.45) is 13.0 Å². The molecule has 0 aliphatic carbocycles. The average Bonchev–Trinajstić information content (AvgIpc) is 2.98. The highest BCUT2D eigenvalue weighted by atomic mass is 32.2. The van der Waals surface area contributed by atoms with Gasteiger partial charge in [-0.3, -0.25) is 9.58 Å². The Morgan fingerprint density at radius 2 is 2.15 bits per heavy atom. The van der Waals surface area contributed by atoms with E-state index in [1.165, 1.54) is 0 Å². The van der Waals surface area contributed by atoms with Crippen LogP contribution in [-0.2, 0) is 23.4 Å². The molecule has 2 aliphatic heterocycles. The normalized spacial score (nSPS) is 32.9. The molecule has 0 radical (unpaired) electrons. The number of likely N-dealkylation sites (tertiary alicyclic amines) is 1. The van der Waals surface area contributed by atoms with Crippen LogP contribution in [0.1, 0.15) is 5.56 Å². The van der Waals surface area contributed by atoms with Crippen molar-refractivity contribution in [3.05, 3.63) is 18.0 Å². The zero-order valence-corrected chi connectivity index (χ0v) is 13.0. The summed E-state index contributed by atoms with van der Waals surface area (Å²) < 4.78 is 26.4. The minimum absolute atomic E-state index is 0.156. The summed E-state index contributed by atoms with van der Waals surface area (Å²) in [6.07, 6.45) is 3.85. The SMILES string of the molecule is CN(C)[C@@H]1CS(=O)(=O)[C@H]2CN(Cc3cnn(C)c3)C[C@@H]12. The molecule has 2 aliphatic rings. The molecular weight excluding hydrogens is 276 g/mol. The lowest BCUT2D eigenvalue weighted by molar-refractivity contribution is 0.229. The van der Waals surface area contributed by atoms with Gasteiger partial charge in [0.15, 0.2) is 9.84 Å². The van der Waals surface area contributed by atoms with Crippen molar-refractivity contribution in [1.82, 2.24) is 19.6 Å². The maximum Gasteiger partial charge on any atom is 0.156 e. The molecule has 3 heterocycles. The second-order valence-electron chi connectivity index (χ2n) is 6.28. The van der Waals surface area contributed by atoms with Crippen LogP contribution in [0.15, 0.2) is 12.4 Å². The molecule has 0 amide bonds. The molecule has 2 fully saturated rings. The van der Waals surface area contributed by atoms with E-state index in [1.54, 1.807) is 4.68 Å². The highest BCUT2D eigenvalue weighted by Crippen LogP contribution is 2.36. The summed E-state index contributed by atoms with van der Waals surface area (Å²) in [5.74, 6) is 0.558. The Morgan fingerprint density at radius 3 is 2.75 bits per heavy atom. The fourth-order valence-electron chi connectivity index (χ4n) is 3.59. The Balaban J connectivity index is 1.75. The van der Waals surface area contributed by atoms with Crippen molar-refractivity contribution in [3.63, 3.8) is 0 Å². The van der Waals surface area contributed by atoms with Gasteiger partial charge in [0.05, 0.1) is 17.2 Å². The van der Waals surface area contributed by atoms with Crippen LogP contribution in [-0.4, -0.2) is 72.2 Å². The van der Waals surface area contributed by atoms with Crippen LogP contribution in [0.25, 0.3) is 0 Å². The van der Waals surface area contributed by atoms with Crippen molar-refractivity contribution in [3.8, 4) is 0 Å². The predicted octanol–water partition coefficient (Wildman–Crippen LogP) is -0.421. The van der Waals surface area contributed by atoms with Crippen molar-refractivity contribution in [1.29, 1.82) is 0 Å². The van der Waals surface area contributed by atoms with E-state index in [0.717, 1.165) is 18.7 Å². The third-order valence-corrected chi connectivity index (χ3v) is 6.80. The number of fused-ring (bicyclic) bond motifs is 1. The fraction of sp³-hybridized carbons (Fsp3) is 0.769. The molecule has 0 spiro atoms. The van der Waals surface area contributed by atoms with E-state index in [4.69, 9.17) is 0 Å². The van der Waals surface area contributed by atoms with E-state index in [0.29, 0.717) is 12.3 Å². The number of aryl methyl sites for hydroxylation is 1. The van der Waals surface area contributed by atoms with Crippen LogP contribution in [0.5, 0.6) is 0 Å². The Hall–Kier alpha value is -0.920. The summed E-state index contributed by atoms with van der Waals surface area (Å²) >= 11 is 0. The van der Waals surface area contributed by atoms with Gasteiger partial charge < -0.3 is 4.90 Å². The molecule has 20 heavy (non-hydrogen) atoms. The van der Waals surface area contributed by atoms with Crippen LogP contribution in [0, 0.1) is 5.92 Å². The van der Waals surface area contributed by atoms with E-state index >= 15 is 0 Å². The number of nitrogens with zero attached hydrogens (tertiary/aromatic N) is 4. The first-order chi connectivity index (χ1) is 9.37. The number of rotatable bonds is 3. The van der Waals surface area contributed by atoms with Gasteiger partial charge in [0.25, 0.3) is 0 Å². The first kappa shape index (κ1) is 14.0. The predicted molar refractivity (Wildman–Crippen MR) is 77.0 cm³/mol. The fourth-order valence-corrected chi connectivity index (χ4v) is 6.09. The second kappa shape index (κ2) is 4.82. The van der Waals surface area contributed by atoms with Gasteiger partial charge in [-0.15, -0.1) is 0 Å². The highest BCUT2D eigenvalue weighted by molar-refractivity contribution is 7.92. The zero-order chi connectivity index (χ0) is 14.5. The van der Waals surface area contributed by atoms with Crippen molar-refractivity contribution in [2.75, 3.05) is 32.9 Å². The van der Waals surface area contributed by atoms with E-state index in [1.807, 2.05) is 33.5 Å². The molecule has 1 aromatic rings. The molecule has 0 saturated carbocycles. The van der Waals surface area contributed by atoms with E-state index in [-0.39, 0.29) is 17.2 Å². The average molecular weight is 298 g/mol. The Bertz CT molecular complexity index is 595. The van der Waals surface area contributed by atoms with Gasteiger partial charge in [0.1, 0.15) is 0 Å². The summed E-state index contributed by atoms with van der Waals surface area (Å²) in [7, 11) is 2.91. The minimum atomic E-state index is -2.94. The standard InChI is InChI=1S/C13H22N4O2S/c1-15(2)12-9-20(18,19)13-8-17(7-11(12)13)6-10-4-14-16(3)5-10/h4-5,11-13H,6-9H2,1-3H3/t11-,12+,13-/m0/s1. The minimum Gasteiger partial charge on any atom is -0.305 e. The number of hydrogen-bond donors (Lipinski definition) is 0. The number of aromatic nitrogens is 2. The largest absolute Gasteiger partial charge is 0.305 e. The Kier molecular flexibility index (Phi) is 3.38. The van der Waals surface area contributed by atoms with Crippen LogP contribution in [0.3, 0.4) is 0 Å². The van der Waals surface area contributed by atoms with Gasteiger partial charge in [-0.05, 0) is 14.1 Å². The maximum atomic E-state index is 12.3. The van der Waals surface area contributed by atoms with Crippen LogP contribution in [0.2, 0.25) is 0 Å². The second-order valence-corrected chi connectivity index (χ2v) is 8.54. The van der Waals surface area contributed by atoms with Crippen LogP contribution < -0.4 is 0 Å². The van der Waals surface area contributed by atoms with Gasteiger partial charge >= 0.3 is 0 Å². The Labute approximate surface area is 120 Å². The lowest BCUT2D eigenvalue weighted by atomic mass is 10.00. The number of hydrogen-bond acceptors (Lipinski definition) is 5. The zero-order valence-electron chi connectivity index (χ0n) is 12.2. The summed E-state index contributed by atoms with van der Waals surface area (Å²) in [4.78, 5) is 4.31. The molecule has 0 unspecified atom stereocenters. The smallest absolute Gasteiger partial charge is 0.156 e. The quantitative estimate of drug-likeness (QED) is 0.758. The molecule has 112 valence electrons. The summed E-state index contributed by atoms with van der Waals surface area (Å²) in [6, 6.07) is 0.156. The summed E-state index contributed by atoms with van der Waals surface area (Å²) in [5, 5.41) is 3.98. The van der Waals surface area contributed by atoms with Gasteiger partial charge in [-0.1, -0.05) is 0 Å². The number of sulfone groups is 1. The van der Waals surface area contributed by atoms with E-state index in [9.17, 15) is 8.42 Å². The highest BCUT2D eigenvalue weighted by Gasteiger charge is 2.52. The van der Waals surface area contributed by atoms with Gasteiger partial charge in [0, 0.05) is 50.4 Å². The summed E-state index contributed by atoms with van der Waals surface area (Å²) in [5.41, 5.74) is 1.14. The third kappa shape index (κ3) is 2.38. The van der Waals surface area contributed by atoms with Crippen LogP contribution >= 0.6 is 0 Å². The molecule has 2 saturated heterocycles. The summed E-state index contributed by atoms with van der Waals surface area (Å²) in [6.45, 7) is 2.31. The van der Waals surface area contributed by atoms with E-state index < -0.39 is 9.84 Å². The first-order valence-corrected chi connectivity index (χ1v) is 8.66. The molecule has 3 atom stereocenters. The molecule has 7 heteroatoms. The van der Waals surface area contributed by atoms with Gasteiger partial charge in [-0.25, -0.2) is 8.42 Å². The van der Waals surface area contributed by atoms with Gasteiger partial charge in [0.2, 0.25) is 0 Å². The van der Waals surface area contributed by atoms with Crippen molar-refractivity contribution >= 4 is 9.84 Å². The lowest BCUT2D eigenvalue weighted by Crippen LogP contribution is -2.37. The lowest BCUT2D eigenvalue weighted by Gasteiger charge is -2.24. The monoisotopic (exact) mass is 298 g/mol. The molecule has 0 N–H and O–H groups in total. The molecule has 0 aromatic carbocycles. The third-order valence-electron chi connectivity index (χ3n) is 4.57. The molecular formula is C13H22N4O2S. The topological polar surface area (TPSA) is 58.4 Å². The van der Waals surface area contributed by atoms with E-state index in [2.05, 4.69) is 14.9 Å². The molecule has 6 nitrogen and oxygen atoms in total. The Morgan fingerprint density at radius 1 is 1.40 bits per heavy atom.